The van der Waals surface area contributed by atoms with Crippen molar-refractivity contribution < 1.29 is 14.4 Å². The summed E-state index contributed by atoms with van der Waals surface area (Å²) in [6, 6.07) is -0.717. The Kier molecular flexibility index (Phi) is 10.8. The molecule has 26 heavy (non-hydrogen) atoms. The van der Waals surface area contributed by atoms with E-state index in [4.69, 9.17) is 5.73 Å². The Morgan fingerprint density at radius 1 is 1.15 bits per heavy atom. The number of nitrogens with zero attached hydrogens (tertiary/aromatic N) is 2. The Balaban J connectivity index is 5.11. The van der Waals surface area contributed by atoms with E-state index < -0.39 is 6.04 Å². The molecule has 0 saturated carbocycles. The van der Waals surface area contributed by atoms with E-state index in [2.05, 4.69) is 11.9 Å². The quantitative estimate of drug-likeness (QED) is 0.535. The second-order valence-corrected chi connectivity index (χ2v) is 7.18. The molecule has 3 amide bonds. The van der Waals surface area contributed by atoms with Crippen molar-refractivity contribution in [1.29, 1.82) is 0 Å². The first-order valence-electron chi connectivity index (χ1n) is 9.22. The minimum atomic E-state index is -0.612. The van der Waals surface area contributed by atoms with E-state index in [1.54, 1.807) is 14.1 Å². The normalized spacial score (nSPS) is 13.1. The van der Waals surface area contributed by atoms with E-state index in [9.17, 15) is 14.4 Å². The van der Waals surface area contributed by atoms with Crippen LogP contribution in [0.25, 0.3) is 0 Å². The molecule has 0 spiro atoms. The number of amides is 3. The van der Waals surface area contributed by atoms with Crippen molar-refractivity contribution in [3.05, 3.63) is 12.2 Å². The second-order valence-electron chi connectivity index (χ2n) is 7.18. The zero-order chi connectivity index (χ0) is 20.4. The summed E-state index contributed by atoms with van der Waals surface area (Å²) in [4.78, 5) is 39.9. The minimum absolute atomic E-state index is 0.0682. The molecule has 0 aromatic rings. The van der Waals surface area contributed by atoms with Crippen molar-refractivity contribution in [2.24, 2.45) is 11.7 Å². The van der Waals surface area contributed by atoms with Crippen LogP contribution in [0, 0.1) is 5.92 Å². The maximum Gasteiger partial charge on any atom is 0.243 e. The summed E-state index contributed by atoms with van der Waals surface area (Å²) in [6.07, 6.45) is 1.92. The molecule has 0 fully saturated rings. The lowest BCUT2D eigenvalue weighted by Crippen LogP contribution is -2.54. The van der Waals surface area contributed by atoms with Crippen LogP contribution in [0.2, 0.25) is 0 Å². The van der Waals surface area contributed by atoms with Crippen LogP contribution in [-0.2, 0) is 14.4 Å². The maximum absolute atomic E-state index is 12.8. The Morgan fingerprint density at radius 3 is 2.15 bits per heavy atom. The monoisotopic (exact) mass is 368 g/mol. The average Bonchev–Trinajstić information content (AvgIpc) is 2.53. The fourth-order valence-electron chi connectivity index (χ4n) is 2.79. The topological polar surface area (TPSA) is 95.7 Å². The summed E-state index contributed by atoms with van der Waals surface area (Å²) in [6.45, 7) is 11.8. The molecule has 0 radical (unpaired) electrons. The largest absolute Gasteiger partial charge is 0.348 e. The first kappa shape index (κ1) is 24.1. The number of nitrogens with one attached hydrogen (secondary N) is 1. The van der Waals surface area contributed by atoms with Gasteiger partial charge in [0.05, 0.1) is 6.54 Å². The van der Waals surface area contributed by atoms with E-state index >= 15 is 0 Å². The first-order valence-corrected chi connectivity index (χ1v) is 9.22. The number of rotatable bonds is 11. The summed E-state index contributed by atoms with van der Waals surface area (Å²) in [5.41, 5.74) is 6.27. The third-order valence-electron chi connectivity index (χ3n) is 4.36. The highest BCUT2D eigenvalue weighted by Gasteiger charge is 2.31. The molecule has 0 aromatic heterocycles. The Labute approximate surface area is 158 Å². The van der Waals surface area contributed by atoms with Crippen molar-refractivity contribution >= 4 is 17.7 Å². The third kappa shape index (κ3) is 7.56. The predicted octanol–water partition coefficient (Wildman–Crippen LogP) is 1.14. The van der Waals surface area contributed by atoms with Gasteiger partial charge in [-0.25, -0.2) is 0 Å². The number of carbonyl (C=O) groups is 3. The molecule has 2 unspecified atom stereocenters. The van der Waals surface area contributed by atoms with Crippen LogP contribution in [-0.4, -0.2) is 66.8 Å². The summed E-state index contributed by atoms with van der Waals surface area (Å²) < 4.78 is 0. The number of carbonyl (C=O) groups excluding carboxylic acids is 3. The van der Waals surface area contributed by atoms with Crippen LogP contribution in [0.3, 0.4) is 0 Å². The minimum Gasteiger partial charge on any atom is -0.348 e. The number of hydrogen-bond donors (Lipinski definition) is 2. The molecule has 2 atom stereocenters. The number of hydrogen-bond acceptors (Lipinski definition) is 4. The maximum atomic E-state index is 12.8. The van der Waals surface area contributed by atoms with E-state index in [1.165, 1.54) is 9.80 Å². The molecule has 0 aliphatic rings. The highest BCUT2D eigenvalue weighted by molar-refractivity contribution is 5.90. The van der Waals surface area contributed by atoms with Crippen molar-refractivity contribution in [1.82, 2.24) is 15.1 Å². The Morgan fingerprint density at radius 2 is 1.73 bits per heavy atom. The smallest absolute Gasteiger partial charge is 0.243 e. The second kappa shape index (κ2) is 11.7. The fraction of sp³-hybridized carbons (Fsp3) is 0.737. The summed E-state index contributed by atoms with van der Waals surface area (Å²) >= 11 is 0. The molecule has 150 valence electrons. The predicted molar refractivity (Wildman–Crippen MR) is 104 cm³/mol. The van der Waals surface area contributed by atoms with Gasteiger partial charge in [-0.3, -0.25) is 14.4 Å². The summed E-state index contributed by atoms with van der Waals surface area (Å²) in [5.74, 6) is -0.742. The van der Waals surface area contributed by atoms with Crippen molar-refractivity contribution in [2.75, 3.05) is 27.2 Å². The van der Waals surface area contributed by atoms with Crippen LogP contribution in [0.15, 0.2) is 12.2 Å². The zero-order valence-electron chi connectivity index (χ0n) is 17.2. The molecule has 7 nitrogen and oxygen atoms in total. The van der Waals surface area contributed by atoms with E-state index in [-0.39, 0.29) is 49.2 Å². The average molecular weight is 369 g/mol. The van der Waals surface area contributed by atoms with E-state index in [0.29, 0.717) is 0 Å². The molecule has 0 bridgehead atoms. The highest BCUT2D eigenvalue weighted by atomic mass is 16.2. The van der Waals surface area contributed by atoms with Gasteiger partial charge in [-0.15, -0.1) is 0 Å². The van der Waals surface area contributed by atoms with Crippen LogP contribution in [0.1, 0.15) is 47.0 Å². The van der Waals surface area contributed by atoms with Gasteiger partial charge >= 0.3 is 0 Å². The lowest BCUT2D eigenvalue weighted by atomic mass is 9.99. The van der Waals surface area contributed by atoms with Crippen molar-refractivity contribution in [2.45, 2.75) is 59.0 Å². The van der Waals surface area contributed by atoms with E-state index in [0.717, 1.165) is 18.4 Å². The van der Waals surface area contributed by atoms with E-state index in [1.807, 2.05) is 27.7 Å². The molecule has 0 rings (SSSR count). The lowest BCUT2D eigenvalue weighted by Gasteiger charge is -2.33. The molecular formula is C19H36N4O3. The van der Waals surface area contributed by atoms with Crippen molar-refractivity contribution in [3.8, 4) is 0 Å². The van der Waals surface area contributed by atoms with Gasteiger partial charge in [0.2, 0.25) is 17.7 Å². The molecule has 0 heterocycles. The third-order valence-corrected chi connectivity index (χ3v) is 4.36. The van der Waals surface area contributed by atoms with Gasteiger partial charge in [0.1, 0.15) is 6.04 Å². The van der Waals surface area contributed by atoms with Gasteiger partial charge < -0.3 is 20.9 Å². The number of likely N-dealkylation sites (N-methyl/N-ethyl adjacent to an activating group) is 2. The molecule has 0 saturated heterocycles. The fourth-order valence-corrected chi connectivity index (χ4v) is 2.79. The van der Waals surface area contributed by atoms with Crippen LogP contribution in [0.4, 0.5) is 0 Å². The summed E-state index contributed by atoms with van der Waals surface area (Å²) in [5, 5.41) is 3.00. The van der Waals surface area contributed by atoms with Crippen LogP contribution < -0.4 is 11.1 Å². The molecule has 3 N–H and O–H groups in total. The van der Waals surface area contributed by atoms with Gasteiger partial charge in [0.25, 0.3) is 0 Å². The summed E-state index contributed by atoms with van der Waals surface area (Å²) in [7, 11) is 3.16. The molecule has 0 aliphatic carbocycles. The SMILES string of the molecule is C=C(C)C(CCC)NC(=O)C(C(C)C)N(C)C(=O)CN(C)C(=O)CCN. The van der Waals surface area contributed by atoms with Crippen LogP contribution in [0.5, 0.6) is 0 Å². The molecule has 0 aromatic carbocycles. The lowest BCUT2D eigenvalue weighted by molar-refractivity contribution is -0.144. The Bertz CT molecular complexity index is 505. The van der Waals surface area contributed by atoms with Gasteiger partial charge in [0.15, 0.2) is 0 Å². The molecule has 0 aliphatic heterocycles. The zero-order valence-corrected chi connectivity index (χ0v) is 17.2. The van der Waals surface area contributed by atoms with Gasteiger partial charge in [-0.1, -0.05) is 39.3 Å². The molecule has 7 heteroatoms. The standard InChI is InChI=1S/C19H36N4O3/c1-8-9-15(13(2)3)21-19(26)18(14(4)5)23(7)17(25)12-22(6)16(24)10-11-20/h14-15,18H,2,8-12,20H2,1,3-7H3,(H,21,26). The Hall–Kier alpha value is -1.89. The van der Waals surface area contributed by atoms with Crippen LogP contribution >= 0.6 is 0 Å². The van der Waals surface area contributed by atoms with Gasteiger partial charge in [-0.05, 0) is 19.3 Å². The van der Waals surface area contributed by atoms with Gasteiger partial charge in [-0.2, -0.15) is 0 Å². The highest BCUT2D eigenvalue weighted by Crippen LogP contribution is 2.13. The van der Waals surface area contributed by atoms with Crippen molar-refractivity contribution in [3.63, 3.8) is 0 Å². The first-order chi connectivity index (χ1) is 12.1. The number of nitrogens with two attached hydrogens (primary N) is 1. The van der Waals surface area contributed by atoms with Gasteiger partial charge in [0, 0.05) is 33.1 Å². The molecular weight excluding hydrogens is 332 g/mol.